The molecule has 5 rings (SSSR count). The molecule has 2 aromatic rings. The lowest BCUT2D eigenvalue weighted by molar-refractivity contribution is 0.122. The van der Waals surface area contributed by atoms with E-state index in [-0.39, 0.29) is 0 Å². The van der Waals surface area contributed by atoms with Crippen LogP contribution < -0.4 is 9.80 Å². The quantitative estimate of drug-likeness (QED) is 0.826. The number of nitrogens with zero attached hydrogens (tertiary/aromatic N) is 5. The van der Waals surface area contributed by atoms with Gasteiger partial charge in [0.2, 0.25) is 0 Å². The molecule has 2 saturated heterocycles. The molecule has 26 heavy (non-hydrogen) atoms. The third kappa shape index (κ3) is 2.97. The Hall–Kier alpha value is -1.73. The zero-order valence-corrected chi connectivity index (χ0v) is 16.0. The highest BCUT2D eigenvalue weighted by Gasteiger charge is 2.41. The summed E-state index contributed by atoms with van der Waals surface area (Å²) >= 11 is 1.63. The van der Waals surface area contributed by atoms with Crippen LogP contribution in [-0.2, 0) is 4.74 Å². The molecule has 3 aliphatic rings. The Balaban J connectivity index is 1.51. The van der Waals surface area contributed by atoms with Crippen molar-refractivity contribution >= 4 is 23.0 Å². The molecular formula is C19H25N5OS. The van der Waals surface area contributed by atoms with Gasteiger partial charge in [0, 0.05) is 42.8 Å². The van der Waals surface area contributed by atoms with Gasteiger partial charge < -0.3 is 14.5 Å². The van der Waals surface area contributed by atoms with Crippen LogP contribution >= 0.6 is 11.3 Å². The summed E-state index contributed by atoms with van der Waals surface area (Å²) in [5.41, 5.74) is 1.03. The van der Waals surface area contributed by atoms with E-state index in [0.29, 0.717) is 6.04 Å². The Morgan fingerprint density at radius 1 is 1.08 bits per heavy atom. The van der Waals surface area contributed by atoms with Crippen molar-refractivity contribution in [3.8, 4) is 10.8 Å². The summed E-state index contributed by atoms with van der Waals surface area (Å²) in [5.74, 6) is 3.71. The first-order valence-corrected chi connectivity index (χ1v) is 10.6. The Bertz CT molecular complexity index is 788. The van der Waals surface area contributed by atoms with E-state index in [2.05, 4.69) is 26.2 Å². The van der Waals surface area contributed by atoms with Gasteiger partial charge in [0.15, 0.2) is 10.8 Å². The first-order valence-electron chi connectivity index (χ1n) is 9.69. The van der Waals surface area contributed by atoms with E-state index in [9.17, 15) is 0 Å². The van der Waals surface area contributed by atoms with Crippen LogP contribution in [0.4, 0.5) is 11.6 Å². The number of hydrogen-bond acceptors (Lipinski definition) is 7. The minimum Gasteiger partial charge on any atom is -0.378 e. The van der Waals surface area contributed by atoms with Crippen LogP contribution in [0, 0.1) is 12.8 Å². The van der Waals surface area contributed by atoms with Crippen LogP contribution in [0.3, 0.4) is 0 Å². The van der Waals surface area contributed by atoms with E-state index in [1.54, 1.807) is 11.3 Å². The third-order valence-corrected chi connectivity index (χ3v) is 6.80. The van der Waals surface area contributed by atoms with Gasteiger partial charge >= 0.3 is 0 Å². The van der Waals surface area contributed by atoms with Gasteiger partial charge in [-0.05, 0) is 25.7 Å². The van der Waals surface area contributed by atoms with Crippen molar-refractivity contribution < 1.29 is 4.74 Å². The van der Waals surface area contributed by atoms with Crippen molar-refractivity contribution in [2.45, 2.75) is 38.6 Å². The van der Waals surface area contributed by atoms with Crippen molar-refractivity contribution in [3.05, 3.63) is 17.1 Å². The van der Waals surface area contributed by atoms with Crippen molar-refractivity contribution in [2.24, 2.45) is 5.92 Å². The predicted octanol–water partition coefficient (Wildman–Crippen LogP) is 3.12. The zero-order valence-electron chi connectivity index (χ0n) is 15.2. The van der Waals surface area contributed by atoms with Gasteiger partial charge in [-0.1, -0.05) is 12.8 Å². The molecule has 4 heterocycles. The van der Waals surface area contributed by atoms with Crippen LogP contribution in [0.2, 0.25) is 0 Å². The lowest BCUT2D eigenvalue weighted by Crippen LogP contribution is -2.58. The summed E-state index contributed by atoms with van der Waals surface area (Å²) in [6.07, 6.45) is 5.41. The Morgan fingerprint density at radius 2 is 1.88 bits per heavy atom. The number of rotatable bonds is 3. The lowest BCUT2D eigenvalue weighted by atomic mass is 9.77. The number of hydrogen-bond donors (Lipinski definition) is 0. The molecule has 0 bridgehead atoms. The molecule has 0 amide bonds. The third-order valence-electron chi connectivity index (χ3n) is 5.84. The SMILES string of the molecule is Cc1csc(-c2nc(N3CCOCC3)cc(N3CC4CCCCC43)n2)n1. The molecule has 1 aliphatic carbocycles. The van der Waals surface area contributed by atoms with E-state index < -0.39 is 0 Å². The maximum Gasteiger partial charge on any atom is 0.192 e. The van der Waals surface area contributed by atoms with E-state index in [1.165, 1.54) is 25.7 Å². The van der Waals surface area contributed by atoms with Crippen LogP contribution in [0.1, 0.15) is 31.4 Å². The molecule has 6 nitrogen and oxygen atoms in total. The van der Waals surface area contributed by atoms with Gasteiger partial charge in [0.1, 0.15) is 11.6 Å². The topological polar surface area (TPSA) is 54.4 Å². The predicted molar refractivity (Wildman–Crippen MR) is 104 cm³/mol. The van der Waals surface area contributed by atoms with E-state index in [4.69, 9.17) is 14.7 Å². The molecule has 2 aromatic heterocycles. The molecule has 0 spiro atoms. The monoisotopic (exact) mass is 371 g/mol. The summed E-state index contributed by atoms with van der Waals surface area (Å²) in [7, 11) is 0. The number of thiazole rings is 1. The number of ether oxygens (including phenoxy) is 1. The summed E-state index contributed by atoms with van der Waals surface area (Å²) in [5, 5.41) is 2.99. The Labute approximate surface area is 158 Å². The maximum absolute atomic E-state index is 5.51. The summed E-state index contributed by atoms with van der Waals surface area (Å²) < 4.78 is 5.51. The van der Waals surface area contributed by atoms with Crippen molar-refractivity contribution in [2.75, 3.05) is 42.6 Å². The second-order valence-electron chi connectivity index (χ2n) is 7.57. The van der Waals surface area contributed by atoms with Gasteiger partial charge in [0.25, 0.3) is 0 Å². The van der Waals surface area contributed by atoms with E-state index >= 15 is 0 Å². The number of aryl methyl sites for hydroxylation is 1. The zero-order chi connectivity index (χ0) is 17.5. The average Bonchev–Trinajstić information content (AvgIpc) is 3.10. The van der Waals surface area contributed by atoms with Crippen molar-refractivity contribution in [3.63, 3.8) is 0 Å². The maximum atomic E-state index is 5.51. The minimum absolute atomic E-state index is 0.669. The molecule has 1 saturated carbocycles. The van der Waals surface area contributed by atoms with Crippen LogP contribution in [0.15, 0.2) is 11.4 Å². The minimum atomic E-state index is 0.669. The van der Waals surface area contributed by atoms with Crippen LogP contribution in [-0.4, -0.2) is 53.8 Å². The number of morpholine rings is 1. The first-order chi connectivity index (χ1) is 12.8. The molecule has 0 aromatic carbocycles. The number of aromatic nitrogens is 3. The number of anilines is 2. The normalized spacial score (nSPS) is 25.7. The smallest absolute Gasteiger partial charge is 0.192 e. The van der Waals surface area contributed by atoms with Crippen molar-refractivity contribution in [1.29, 1.82) is 0 Å². The Morgan fingerprint density at radius 3 is 2.65 bits per heavy atom. The molecule has 2 aliphatic heterocycles. The largest absolute Gasteiger partial charge is 0.378 e. The highest BCUT2D eigenvalue weighted by atomic mass is 32.1. The number of fused-ring (bicyclic) bond motifs is 1. The fourth-order valence-corrected chi connectivity index (χ4v) is 5.13. The fourth-order valence-electron chi connectivity index (χ4n) is 4.40. The van der Waals surface area contributed by atoms with Gasteiger partial charge in [0.05, 0.1) is 13.2 Å². The molecule has 7 heteroatoms. The first kappa shape index (κ1) is 16.4. The Kier molecular flexibility index (Phi) is 4.29. The summed E-state index contributed by atoms with van der Waals surface area (Å²) in [6, 6.07) is 2.85. The fraction of sp³-hybridized carbons (Fsp3) is 0.632. The molecule has 138 valence electrons. The highest BCUT2D eigenvalue weighted by molar-refractivity contribution is 7.13. The summed E-state index contributed by atoms with van der Waals surface area (Å²) in [4.78, 5) is 19.2. The van der Waals surface area contributed by atoms with E-state index in [1.807, 2.05) is 6.92 Å². The molecule has 2 unspecified atom stereocenters. The molecule has 0 radical (unpaired) electrons. The van der Waals surface area contributed by atoms with Crippen LogP contribution in [0.25, 0.3) is 10.8 Å². The molecule has 2 atom stereocenters. The van der Waals surface area contributed by atoms with Gasteiger partial charge in [-0.25, -0.2) is 15.0 Å². The molecule has 3 fully saturated rings. The lowest BCUT2D eigenvalue weighted by Gasteiger charge is -2.51. The van der Waals surface area contributed by atoms with Crippen LogP contribution in [0.5, 0.6) is 0 Å². The van der Waals surface area contributed by atoms with Crippen molar-refractivity contribution in [1.82, 2.24) is 15.0 Å². The van der Waals surface area contributed by atoms with Gasteiger partial charge in [-0.2, -0.15) is 0 Å². The van der Waals surface area contributed by atoms with E-state index in [0.717, 1.165) is 66.9 Å². The average molecular weight is 372 g/mol. The van der Waals surface area contributed by atoms with Gasteiger partial charge in [-0.3, -0.25) is 0 Å². The molecule has 0 N–H and O–H groups in total. The van der Waals surface area contributed by atoms with Gasteiger partial charge in [-0.15, -0.1) is 11.3 Å². The highest BCUT2D eigenvalue weighted by Crippen LogP contribution is 2.40. The standard InChI is InChI=1S/C19H25N5OS/c1-13-12-26-19(20-13)18-21-16(23-6-8-25-9-7-23)10-17(22-18)24-11-14-4-2-3-5-15(14)24/h10,12,14-15H,2-9,11H2,1H3. The second kappa shape index (κ2) is 6.78. The second-order valence-corrected chi connectivity index (χ2v) is 8.42. The summed E-state index contributed by atoms with van der Waals surface area (Å²) in [6.45, 7) is 6.46. The molecular weight excluding hydrogens is 346 g/mol.